The summed E-state index contributed by atoms with van der Waals surface area (Å²) in [5.74, 6) is 0.463. The Morgan fingerprint density at radius 1 is 1.35 bits per heavy atom. The van der Waals surface area contributed by atoms with Gasteiger partial charge in [0.05, 0.1) is 0 Å². The minimum absolute atomic E-state index is 0.246. The zero-order chi connectivity index (χ0) is 14.8. The summed E-state index contributed by atoms with van der Waals surface area (Å²) in [5.41, 5.74) is -0.509. The number of rotatable bonds is 3. The van der Waals surface area contributed by atoms with E-state index < -0.39 is 11.6 Å². The van der Waals surface area contributed by atoms with Gasteiger partial charge in [-0.15, -0.1) is 0 Å². The van der Waals surface area contributed by atoms with Crippen LogP contribution in [0.3, 0.4) is 0 Å². The fourth-order valence-corrected chi connectivity index (χ4v) is 2.21. The summed E-state index contributed by atoms with van der Waals surface area (Å²) in [6, 6.07) is 3.85. The molecule has 2 rings (SSSR count). The third-order valence-electron chi connectivity index (χ3n) is 3.27. The molecule has 0 bridgehead atoms. The maximum Gasteiger partial charge on any atom is 0.374 e. The number of nitrogens with zero attached hydrogens (tertiary/aromatic N) is 1. The lowest BCUT2D eigenvalue weighted by Crippen LogP contribution is -2.36. The molecule has 1 saturated heterocycles. The van der Waals surface area contributed by atoms with Crippen LogP contribution in [0.5, 0.6) is 0 Å². The van der Waals surface area contributed by atoms with Crippen LogP contribution < -0.4 is 5.32 Å². The summed E-state index contributed by atoms with van der Waals surface area (Å²) < 4.78 is 10.8. The lowest BCUT2D eigenvalue weighted by atomic mass is 10.1. The molecule has 0 aliphatic carbocycles. The molecule has 0 aromatic carbocycles. The van der Waals surface area contributed by atoms with E-state index in [0.29, 0.717) is 11.9 Å². The van der Waals surface area contributed by atoms with Crippen LogP contribution in [0.4, 0.5) is 5.88 Å². The first-order valence-electron chi connectivity index (χ1n) is 7.12. The van der Waals surface area contributed by atoms with Crippen molar-refractivity contribution in [3.8, 4) is 0 Å². The third kappa shape index (κ3) is 4.27. The number of ether oxygens (including phenoxy) is 1. The summed E-state index contributed by atoms with van der Waals surface area (Å²) in [6.45, 7) is 7.68. The molecule has 0 saturated carbocycles. The molecule has 0 unspecified atom stereocenters. The molecular formula is C15H24N2O3. The Bertz CT molecular complexity index is 454. The highest BCUT2D eigenvalue weighted by atomic mass is 16.6. The van der Waals surface area contributed by atoms with Gasteiger partial charge in [-0.2, -0.15) is 0 Å². The van der Waals surface area contributed by atoms with Gasteiger partial charge < -0.3 is 19.4 Å². The third-order valence-corrected chi connectivity index (χ3v) is 3.27. The van der Waals surface area contributed by atoms with Gasteiger partial charge in [0.2, 0.25) is 5.76 Å². The molecule has 0 atom stereocenters. The van der Waals surface area contributed by atoms with Crippen molar-refractivity contribution < 1.29 is 13.9 Å². The highest BCUT2D eigenvalue weighted by Crippen LogP contribution is 2.20. The second kappa shape index (κ2) is 5.87. The van der Waals surface area contributed by atoms with Gasteiger partial charge in [0, 0.05) is 12.1 Å². The smallest absolute Gasteiger partial charge is 0.374 e. The molecule has 0 radical (unpaired) electrons. The number of likely N-dealkylation sites (tertiary alicyclic amines) is 1. The van der Waals surface area contributed by atoms with Crippen LogP contribution in [-0.4, -0.2) is 42.6 Å². The van der Waals surface area contributed by atoms with Crippen LogP contribution in [0.2, 0.25) is 0 Å². The molecule has 1 aliphatic heterocycles. The minimum Gasteiger partial charge on any atom is -0.454 e. The van der Waals surface area contributed by atoms with Gasteiger partial charge in [-0.1, -0.05) is 0 Å². The summed E-state index contributed by atoms with van der Waals surface area (Å²) in [4.78, 5) is 14.2. The Morgan fingerprint density at radius 2 is 2.00 bits per heavy atom. The summed E-state index contributed by atoms with van der Waals surface area (Å²) in [5, 5.41) is 3.34. The highest BCUT2D eigenvalue weighted by Gasteiger charge is 2.22. The van der Waals surface area contributed by atoms with Crippen molar-refractivity contribution >= 4 is 11.9 Å². The van der Waals surface area contributed by atoms with E-state index in [2.05, 4.69) is 17.3 Å². The van der Waals surface area contributed by atoms with E-state index in [-0.39, 0.29) is 5.76 Å². The average Bonchev–Trinajstić information content (AvgIpc) is 2.79. The number of nitrogens with one attached hydrogen (secondary N) is 1. The van der Waals surface area contributed by atoms with Gasteiger partial charge in [-0.3, -0.25) is 0 Å². The molecule has 5 nitrogen and oxygen atoms in total. The van der Waals surface area contributed by atoms with Gasteiger partial charge in [0.25, 0.3) is 0 Å². The van der Waals surface area contributed by atoms with E-state index >= 15 is 0 Å². The Morgan fingerprint density at radius 3 is 2.60 bits per heavy atom. The van der Waals surface area contributed by atoms with Crippen molar-refractivity contribution in [3.05, 3.63) is 17.9 Å². The topological polar surface area (TPSA) is 54.7 Å². The number of furan rings is 1. The molecule has 1 aliphatic rings. The largest absolute Gasteiger partial charge is 0.454 e. The lowest BCUT2D eigenvalue weighted by molar-refractivity contribution is 0.00369. The number of piperidine rings is 1. The van der Waals surface area contributed by atoms with Gasteiger partial charge in [0.1, 0.15) is 5.60 Å². The predicted octanol–water partition coefficient (Wildman–Crippen LogP) is 2.74. The van der Waals surface area contributed by atoms with Crippen molar-refractivity contribution in [3.63, 3.8) is 0 Å². The molecule has 1 aromatic rings. The minimum atomic E-state index is -0.509. The molecular weight excluding hydrogens is 256 g/mol. The van der Waals surface area contributed by atoms with E-state index in [1.165, 1.54) is 0 Å². The summed E-state index contributed by atoms with van der Waals surface area (Å²) in [7, 11) is 2.13. The first-order chi connectivity index (χ1) is 9.33. The molecule has 1 fully saturated rings. The lowest BCUT2D eigenvalue weighted by Gasteiger charge is -2.29. The summed E-state index contributed by atoms with van der Waals surface area (Å²) >= 11 is 0. The first-order valence-corrected chi connectivity index (χ1v) is 7.12. The monoisotopic (exact) mass is 280 g/mol. The SMILES string of the molecule is CN1CCC(Nc2ccc(C(=O)OC(C)(C)C)o2)CC1. The molecule has 5 heteroatoms. The van der Waals surface area contributed by atoms with Crippen LogP contribution >= 0.6 is 0 Å². The molecule has 1 aromatic heterocycles. The zero-order valence-electron chi connectivity index (χ0n) is 12.7. The fourth-order valence-electron chi connectivity index (χ4n) is 2.21. The van der Waals surface area contributed by atoms with Crippen molar-refractivity contribution in [1.82, 2.24) is 4.90 Å². The van der Waals surface area contributed by atoms with Crippen molar-refractivity contribution in [2.45, 2.75) is 45.3 Å². The molecule has 0 spiro atoms. The van der Waals surface area contributed by atoms with Crippen LogP contribution in [-0.2, 0) is 4.74 Å². The van der Waals surface area contributed by atoms with E-state index in [1.54, 1.807) is 12.1 Å². The van der Waals surface area contributed by atoms with Gasteiger partial charge >= 0.3 is 5.97 Å². The number of hydrogen-bond donors (Lipinski definition) is 1. The van der Waals surface area contributed by atoms with Gasteiger partial charge in [-0.25, -0.2) is 4.79 Å². The fraction of sp³-hybridized carbons (Fsp3) is 0.667. The molecule has 0 amide bonds. The van der Waals surface area contributed by atoms with Crippen LogP contribution in [0, 0.1) is 0 Å². The van der Waals surface area contributed by atoms with E-state index in [0.717, 1.165) is 25.9 Å². The summed E-state index contributed by atoms with van der Waals surface area (Å²) in [6.07, 6.45) is 2.16. The molecule has 20 heavy (non-hydrogen) atoms. The first kappa shape index (κ1) is 14.9. The standard InChI is InChI=1S/C15H24N2O3/c1-15(2,3)20-14(18)12-5-6-13(19-12)16-11-7-9-17(4)10-8-11/h5-6,11,16H,7-10H2,1-4H3. The van der Waals surface area contributed by atoms with Gasteiger partial charge in [0.15, 0.2) is 5.88 Å². The van der Waals surface area contributed by atoms with E-state index in [9.17, 15) is 4.79 Å². The molecule has 112 valence electrons. The Balaban J connectivity index is 1.90. The number of hydrogen-bond acceptors (Lipinski definition) is 5. The molecule has 2 heterocycles. The average molecular weight is 280 g/mol. The molecule has 1 N–H and O–H groups in total. The number of esters is 1. The van der Waals surface area contributed by atoms with Gasteiger partial charge in [-0.05, 0) is 59.8 Å². The number of anilines is 1. The highest BCUT2D eigenvalue weighted by molar-refractivity contribution is 5.87. The second-order valence-corrected chi connectivity index (χ2v) is 6.39. The normalized spacial score (nSPS) is 18.0. The number of carbonyl (C=O) groups is 1. The second-order valence-electron chi connectivity index (χ2n) is 6.39. The van der Waals surface area contributed by atoms with Crippen LogP contribution in [0.1, 0.15) is 44.2 Å². The zero-order valence-corrected chi connectivity index (χ0v) is 12.7. The van der Waals surface area contributed by atoms with E-state index in [4.69, 9.17) is 9.15 Å². The van der Waals surface area contributed by atoms with Crippen molar-refractivity contribution in [2.75, 3.05) is 25.5 Å². The maximum atomic E-state index is 11.9. The van der Waals surface area contributed by atoms with E-state index in [1.807, 2.05) is 20.8 Å². The Kier molecular flexibility index (Phi) is 4.38. The number of carbonyl (C=O) groups excluding carboxylic acids is 1. The van der Waals surface area contributed by atoms with Crippen molar-refractivity contribution in [1.29, 1.82) is 0 Å². The van der Waals surface area contributed by atoms with Crippen LogP contribution in [0.15, 0.2) is 16.5 Å². The Labute approximate surface area is 120 Å². The van der Waals surface area contributed by atoms with Crippen LogP contribution in [0.25, 0.3) is 0 Å². The quantitative estimate of drug-likeness (QED) is 0.863. The Hall–Kier alpha value is -1.49. The predicted molar refractivity (Wildman–Crippen MR) is 78.0 cm³/mol. The van der Waals surface area contributed by atoms with Crippen molar-refractivity contribution in [2.24, 2.45) is 0 Å². The maximum absolute atomic E-state index is 11.9.